The van der Waals surface area contributed by atoms with Crippen LogP contribution in [0.4, 0.5) is 0 Å². The van der Waals surface area contributed by atoms with Crippen molar-refractivity contribution in [2.75, 3.05) is 0 Å². The maximum Gasteiger partial charge on any atom is 0.119 e. The van der Waals surface area contributed by atoms with Gasteiger partial charge in [-0.25, -0.2) is 0 Å². The molecule has 0 bridgehead atoms. The predicted molar refractivity (Wildman–Crippen MR) is 92.1 cm³/mol. The van der Waals surface area contributed by atoms with Crippen molar-refractivity contribution >= 4 is 10.8 Å². The largest absolute Gasteiger partial charge is 0.508 e. The van der Waals surface area contributed by atoms with Crippen molar-refractivity contribution in [1.82, 2.24) is 0 Å². The van der Waals surface area contributed by atoms with Gasteiger partial charge in [-0.1, -0.05) is 63.8 Å². The van der Waals surface area contributed by atoms with Crippen molar-refractivity contribution < 1.29 is 5.11 Å². The molecule has 0 aliphatic heterocycles. The molecular formula is C20H28O. The van der Waals surface area contributed by atoms with E-state index in [9.17, 15) is 5.11 Å². The first-order valence-corrected chi connectivity index (χ1v) is 8.50. The standard InChI is InChI=1S/C20H28O/c1-3-5-7-13-18-17-12-10-9-11-16(17)15-20(21)19(18)14-8-6-4-2/h9-12,15,21H,3-8,13-14H2,1-2H3. The monoisotopic (exact) mass is 284 g/mol. The summed E-state index contributed by atoms with van der Waals surface area (Å²) in [7, 11) is 0. The van der Waals surface area contributed by atoms with E-state index >= 15 is 0 Å². The molecule has 0 aliphatic carbocycles. The van der Waals surface area contributed by atoms with Crippen molar-refractivity contribution in [3.05, 3.63) is 41.5 Å². The number of unbranched alkanes of at least 4 members (excludes halogenated alkanes) is 4. The fraction of sp³-hybridized carbons (Fsp3) is 0.500. The first kappa shape index (κ1) is 15.9. The summed E-state index contributed by atoms with van der Waals surface area (Å²) in [5.41, 5.74) is 2.58. The summed E-state index contributed by atoms with van der Waals surface area (Å²) in [5.74, 6) is 0.497. The number of rotatable bonds is 8. The molecule has 0 fully saturated rings. The zero-order valence-electron chi connectivity index (χ0n) is 13.5. The second kappa shape index (κ2) is 8.07. The molecule has 0 aliphatic rings. The van der Waals surface area contributed by atoms with E-state index in [0.717, 1.165) is 12.8 Å². The minimum absolute atomic E-state index is 0.497. The van der Waals surface area contributed by atoms with E-state index in [-0.39, 0.29) is 0 Å². The number of hydrogen-bond acceptors (Lipinski definition) is 1. The third-order valence-electron chi connectivity index (χ3n) is 4.31. The summed E-state index contributed by atoms with van der Waals surface area (Å²) in [6, 6.07) is 10.4. The lowest BCUT2D eigenvalue weighted by Gasteiger charge is -2.15. The van der Waals surface area contributed by atoms with E-state index in [0.29, 0.717) is 5.75 Å². The van der Waals surface area contributed by atoms with Crippen LogP contribution in [0.2, 0.25) is 0 Å². The Morgan fingerprint density at radius 2 is 1.43 bits per heavy atom. The molecule has 0 atom stereocenters. The van der Waals surface area contributed by atoms with Crippen LogP contribution in [-0.4, -0.2) is 5.11 Å². The molecule has 2 aromatic rings. The molecule has 0 amide bonds. The zero-order valence-corrected chi connectivity index (χ0v) is 13.5. The van der Waals surface area contributed by atoms with Crippen LogP contribution >= 0.6 is 0 Å². The summed E-state index contributed by atoms with van der Waals surface area (Å²) in [6.07, 6.45) is 9.44. The third-order valence-corrected chi connectivity index (χ3v) is 4.31. The van der Waals surface area contributed by atoms with Gasteiger partial charge in [0, 0.05) is 0 Å². The molecule has 2 rings (SSSR count). The van der Waals surface area contributed by atoms with Crippen molar-refractivity contribution in [1.29, 1.82) is 0 Å². The highest BCUT2D eigenvalue weighted by Crippen LogP contribution is 2.32. The fourth-order valence-electron chi connectivity index (χ4n) is 3.12. The van der Waals surface area contributed by atoms with Gasteiger partial charge in [0.1, 0.15) is 5.75 Å². The highest BCUT2D eigenvalue weighted by atomic mass is 16.3. The predicted octanol–water partition coefficient (Wildman–Crippen LogP) is 6.01. The molecule has 0 unspecified atom stereocenters. The van der Waals surface area contributed by atoms with Gasteiger partial charge in [0.05, 0.1) is 0 Å². The van der Waals surface area contributed by atoms with E-state index in [2.05, 4.69) is 32.0 Å². The topological polar surface area (TPSA) is 20.2 Å². The Bertz CT molecular complexity index is 571. The molecule has 114 valence electrons. The van der Waals surface area contributed by atoms with Crippen molar-refractivity contribution in [2.24, 2.45) is 0 Å². The number of benzene rings is 2. The molecular weight excluding hydrogens is 256 g/mol. The number of aryl methyl sites for hydroxylation is 1. The van der Waals surface area contributed by atoms with E-state index in [1.54, 1.807) is 0 Å². The first-order valence-electron chi connectivity index (χ1n) is 8.50. The van der Waals surface area contributed by atoms with E-state index in [1.165, 1.54) is 60.4 Å². The molecule has 0 spiro atoms. The van der Waals surface area contributed by atoms with Crippen molar-refractivity contribution in [3.8, 4) is 5.75 Å². The number of fused-ring (bicyclic) bond motifs is 1. The minimum atomic E-state index is 0.497. The smallest absolute Gasteiger partial charge is 0.119 e. The fourth-order valence-corrected chi connectivity index (χ4v) is 3.12. The summed E-state index contributed by atoms with van der Waals surface area (Å²) in [5, 5.41) is 12.9. The second-order valence-electron chi connectivity index (χ2n) is 5.99. The Balaban J connectivity index is 2.37. The van der Waals surface area contributed by atoms with Gasteiger partial charge in [-0.2, -0.15) is 0 Å². The van der Waals surface area contributed by atoms with Gasteiger partial charge in [0.2, 0.25) is 0 Å². The van der Waals surface area contributed by atoms with Crippen molar-refractivity contribution in [3.63, 3.8) is 0 Å². The zero-order chi connectivity index (χ0) is 15.1. The maximum absolute atomic E-state index is 10.4. The first-order chi connectivity index (χ1) is 10.3. The second-order valence-corrected chi connectivity index (χ2v) is 5.99. The van der Waals surface area contributed by atoms with Crippen LogP contribution < -0.4 is 0 Å². The van der Waals surface area contributed by atoms with Crippen LogP contribution in [0.5, 0.6) is 5.75 Å². The highest BCUT2D eigenvalue weighted by Gasteiger charge is 2.12. The molecule has 2 aromatic carbocycles. The lowest BCUT2D eigenvalue weighted by atomic mass is 9.91. The highest BCUT2D eigenvalue weighted by molar-refractivity contribution is 5.88. The number of hydrogen-bond donors (Lipinski definition) is 1. The summed E-state index contributed by atoms with van der Waals surface area (Å²) in [6.45, 7) is 4.46. The van der Waals surface area contributed by atoms with Gasteiger partial charge in [0.15, 0.2) is 0 Å². The number of phenols is 1. The molecule has 0 saturated heterocycles. The lowest BCUT2D eigenvalue weighted by Crippen LogP contribution is -1.98. The summed E-state index contributed by atoms with van der Waals surface area (Å²) >= 11 is 0. The van der Waals surface area contributed by atoms with Crippen LogP contribution in [0.25, 0.3) is 10.8 Å². The average molecular weight is 284 g/mol. The van der Waals surface area contributed by atoms with Crippen LogP contribution in [-0.2, 0) is 12.8 Å². The van der Waals surface area contributed by atoms with Gasteiger partial charge in [-0.3, -0.25) is 0 Å². The normalized spacial score (nSPS) is 11.1. The average Bonchev–Trinajstić information content (AvgIpc) is 2.49. The molecule has 21 heavy (non-hydrogen) atoms. The number of phenolic OH excluding ortho intramolecular Hbond substituents is 1. The molecule has 0 saturated carbocycles. The van der Waals surface area contributed by atoms with Crippen LogP contribution in [0, 0.1) is 0 Å². The van der Waals surface area contributed by atoms with Gasteiger partial charge in [-0.05, 0) is 53.6 Å². The Hall–Kier alpha value is -1.50. The third kappa shape index (κ3) is 4.00. The van der Waals surface area contributed by atoms with Gasteiger partial charge in [-0.15, -0.1) is 0 Å². The lowest BCUT2D eigenvalue weighted by molar-refractivity contribution is 0.466. The van der Waals surface area contributed by atoms with E-state index in [4.69, 9.17) is 0 Å². The van der Waals surface area contributed by atoms with Crippen LogP contribution in [0.15, 0.2) is 30.3 Å². The van der Waals surface area contributed by atoms with Crippen LogP contribution in [0.1, 0.15) is 63.5 Å². The van der Waals surface area contributed by atoms with E-state index < -0.39 is 0 Å². The van der Waals surface area contributed by atoms with Gasteiger partial charge >= 0.3 is 0 Å². The molecule has 0 heterocycles. The summed E-state index contributed by atoms with van der Waals surface area (Å²) < 4.78 is 0. The Kier molecular flexibility index (Phi) is 6.10. The molecule has 0 aromatic heterocycles. The maximum atomic E-state index is 10.4. The minimum Gasteiger partial charge on any atom is -0.508 e. The quantitative estimate of drug-likeness (QED) is 0.588. The van der Waals surface area contributed by atoms with Crippen molar-refractivity contribution in [2.45, 2.75) is 65.2 Å². The Morgan fingerprint density at radius 1 is 0.810 bits per heavy atom. The summed E-state index contributed by atoms with van der Waals surface area (Å²) in [4.78, 5) is 0. The molecule has 1 heteroatoms. The SMILES string of the molecule is CCCCCc1c(O)cc2ccccc2c1CCCCC. The van der Waals surface area contributed by atoms with Gasteiger partial charge in [0.25, 0.3) is 0 Å². The number of aromatic hydroxyl groups is 1. The Morgan fingerprint density at radius 3 is 2.10 bits per heavy atom. The van der Waals surface area contributed by atoms with E-state index in [1.807, 2.05) is 12.1 Å². The molecule has 1 nitrogen and oxygen atoms in total. The Labute approximate surface area is 129 Å². The van der Waals surface area contributed by atoms with Gasteiger partial charge < -0.3 is 5.11 Å². The van der Waals surface area contributed by atoms with Crippen LogP contribution in [0.3, 0.4) is 0 Å². The molecule has 1 N–H and O–H groups in total. The molecule has 0 radical (unpaired) electrons.